The molecule has 0 rings (SSSR count). The van der Waals surface area contributed by atoms with Crippen LogP contribution in [0.2, 0.25) is 0 Å². The van der Waals surface area contributed by atoms with E-state index in [1.807, 2.05) is 6.92 Å². The Balaban J connectivity index is 3.84. The van der Waals surface area contributed by atoms with E-state index in [9.17, 15) is 19.8 Å². The molecule has 0 saturated carbocycles. The van der Waals surface area contributed by atoms with Crippen LogP contribution < -0.4 is 0 Å². The van der Waals surface area contributed by atoms with Crippen LogP contribution in [-0.2, 0) is 9.53 Å². The summed E-state index contributed by atoms with van der Waals surface area (Å²) in [6.07, 6.45) is -2.56. The molecule has 0 aliphatic rings. The van der Waals surface area contributed by atoms with Crippen molar-refractivity contribution in [2.45, 2.75) is 44.8 Å². The summed E-state index contributed by atoms with van der Waals surface area (Å²) in [5.74, 6) is -1.06. The first-order valence-electron chi connectivity index (χ1n) is 4.77. The van der Waals surface area contributed by atoms with Gasteiger partial charge in [-0.3, -0.25) is 4.79 Å². The van der Waals surface area contributed by atoms with Crippen LogP contribution in [0.4, 0.5) is 4.79 Å². The van der Waals surface area contributed by atoms with E-state index in [-0.39, 0.29) is 0 Å². The van der Waals surface area contributed by atoms with Gasteiger partial charge in [-0.05, 0) is 6.42 Å². The first kappa shape index (κ1) is 13.9. The second-order valence-corrected chi connectivity index (χ2v) is 3.22. The van der Waals surface area contributed by atoms with Crippen molar-refractivity contribution < 1.29 is 29.6 Å². The lowest BCUT2D eigenvalue weighted by molar-refractivity contribution is -0.143. The molecule has 15 heavy (non-hydrogen) atoms. The van der Waals surface area contributed by atoms with Gasteiger partial charge < -0.3 is 20.1 Å². The Morgan fingerprint density at radius 1 is 1.27 bits per heavy atom. The maximum atomic E-state index is 10.8. The second-order valence-electron chi connectivity index (χ2n) is 3.22. The molecular weight excluding hydrogens is 204 g/mol. The van der Waals surface area contributed by atoms with E-state index in [0.29, 0.717) is 6.42 Å². The third kappa shape index (κ3) is 6.87. The molecule has 0 aromatic rings. The highest BCUT2D eigenvalue weighted by Crippen LogP contribution is 2.08. The lowest BCUT2D eigenvalue weighted by Gasteiger charge is -2.15. The van der Waals surface area contributed by atoms with Crippen LogP contribution in [0.1, 0.15) is 32.6 Å². The van der Waals surface area contributed by atoms with Crippen molar-refractivity contribution in [3.8, 4) is 0 Å². The van der Waals surface area contributed by atoms with Crippen molar-refractivity contribution in [2.24, 2.45) is 0 Å². The molecule has 0 aliphatic carbocycles. The molecule has 2 unspecified atom stereocenters. The third-order valence-corrected chi connectivity index (χ3v) is 1.87. The first-order chi connectivity index (χ1) is 6.97. The largest absolute Gasteiger partial charge is 0.513 e. The highest BCUT2D eigenvalue weighted by Gasteiger charge is 2.21. The predicted molar refractivity (Wildman–Crippen MR) is 50.3 cm³/mol. The number of ether oxygens (including phenoxy) is 1. The zero-order chi connectivity index (χ0) is 11.8. The molecule has 0 aromatic carbocycles. The highest BCUT2D eigenvalue weighted by molar-refractivity contribution is 5.81. The van der Waals surface area contributed by atoms with Gasteiger partial charge in [0.15, 0.2) is 0 Å². The fraction of sp³-hybridized carbons (Fsp3) is 0.778. The number of esters is 1. The topological polar surface area (TPSA) is 104 Å². The van der Waals surface area contributed by atoms with Crippen LogP contribution in [-0.4, -0.2) is 39.7 Å². The molecule has 0 saturated heterocycles. The van der Waals surface area contributed by atoms with Crippen LogP contribution in [0.5, 0.6) is 0 Å². The van der Waals surface area contributed by atoms with Crippen LogP contribution in [0, 0.1) is 0 Å². The van der Waals surface area contributed by atoms with Crippen LogP contribution in [0.25, 0.3) is 0 Å². The summed E-state index contributed by atoms with van der Waals surface area (Å²) in [6.45, 7) is 1.93. The van der Waals surface area contributed by atoms with Gasteiger partial charge in [-0.15, -0.1) is 0 Å². The van der Waals surface area contributed by atoms with Crippen molar-refractivity contribution in [3.63, 3.8) is 0 Å². The Kier molecular flexibility index (Phi) is 6.64. The number of aliphatic hydroxyl groups is 2. The predicted octanol–water partition coefficient (Wildman–Crippen LogP) is 0.510. The maximum absolute atomic E-state index is 10.8. The molecule has 0 amide bonds. The number of rotatable bonds is 6. The SMILES string of the molecule is CCCCC(O)C(O)CC(=O)OC(=O)O. The van der Waals surface area contributed by atoms with Crippen LogP contribution in [0.15, 0.2) is 0 Å². The Morgan fingerprint density at radius 3 is 2.33 bits per heavy atom. The average molecular weight is 220 g/mol. The van der Waals surface area contributed by atoms with Crippen molar-refractivity contribution in [1.29, 1.82) is 0 Å². The number of carbonyl (C=O) groups excluding carboxylic acids is 1. The maximum Gasteiger partial charge on any atom is 0.513 e. The van der Waals surface area contributed by atoms with Crippen molar-refractivity contribution in [2.75, 3.05) is 0 Å². The molecule has 0 aromatic heterocycles. The van der Waals surface area contributed by atoms with Gasteiger partial charge in [-0.2, -0.15) is 0 Å². The van der Waals surface area contributed by atoms with Gasteiger partial charge in [0.05, 0.1) is 18.6 Å². The Morgan fingerprint density at radius 2 is 1.87 bits per heavy atom. The highest BCUT2D eigenvalue weighted by atomic mass is 16.7. The zero-order valence-corrected chi connectivity index (χ0v) is 8.55. The van der Waals surface area contributed by atoms with E-state index < -0.39 is 30.8 Å². The summed E-state index contributed by atoms with van der Waals surface area (Å²) in [5, 5.41) is 26.7. The van der Waals surface area contributed by atoms with Crippen molar-refractivity contribution >= 4 is 12.1 Å². The first-order valence-corrected chi connectivity index (χ1v) is 4.77. The molecule has 0 aliphatic heterocycles. The fourth-order valence-corrected chi connectivity index (χ4v) is 1.05. The summed E-state index contributed by atoms with van der Waals surface area (Å²) in [7, 11) is 0. The molecular formula is C9H16O6. The van der Waals surface area contributed by atoms with Crippen molar-refractivity contribution in [3.05, 3.63) is 0 Å². The number of unbranched alkanes of at least 4 members (excludes halogenated alkanes) is 1. The minimum atomic E-state index is -1.71. The third-order valence-electron chi connectivity index (χ3n) is 1.87. The minimum Gasteiger partial charge on any atom is -0.449 e. The molecule has 2 atom stereocenters. The van der Waals surface area contributed by atoms with Gasteiger partial charge in [0.1, 0.15) is 0 Å². The quantitative estimate of drug-likeness (QED) is 0.445. The van der Waals surface area contributed by atoms with Gasteiger partial charge in [0.25, 0.3) is 0 Å². The van der Waals surface area contributed by atoms with E-state index >= 15 is 0 Å². The number of hydrogen-bond donors (Lipinski definition) is 3. The van der Waals surface area contributed by atoms with Crippen molar-refractivity contribution in [1.82, 2.24) is 0 Å². The van der Waals surface area contributed by atoms with Gasteiger partial charge in [-0.25, -0.2) is 4.79 Å². The van der Waals surface area contributed by atoms with Gasteiger partial charge >= 0.3 is 12.1 Å². The van der Waals surface area contributed by atoms with Crippen LogP contribution >= 0.6 is 0 Å². The molecule has 0 radical (unpaired) electrons. The second kappa shape index (κ2) is 7.19. The monoisotopic (exact) mass is 220 g/mol. The van der Waals surface area contributed by atoms with E-state index in [1.165, 1.54) is 0 Å². The van der Waals surface area contributed by atoms with Gasteiger partial charge in [0, 0.05) is 0 Å². The number of carbonyl (C=O) groups is 2. The van der Waals surface area contributed by atoms with Gasteiger partial charge in [-0.1, -0.05) is 19.8 Å². The Labute approximate surface area is 87.5 Å². The smallest absolute Gasteiger partial charge is 0.449 e. The van der Waals surface area contributed by atoms with E-state index in [0.717, 1.165) is 12.8 Å². The molecule has 0 heterocycles. The summed E-state index contributed by atoms with van der Waals surface area (Å²) in [4.78, 5) is 20.7. The molecule has 6 nitrogen and oxygen atoms in total. The Bertz CT molecular complexity index is 215. The average Bonchev–Trinajstić information content (AvgIpc) is 2.12. The van der Waals surface area contributed by atoms with E-state index in [1.54, 1.807) is 0 Å². The Hall–Kier alpha value is -1.14. The van der Waals surface area contributed by atoms with E-state index in [4.69, 9.17) is 5.11 Å². The standard InChI is InChI=1S/C9H16O6/c1-2-3-4-6(10)7(11)5-8(12)15-9(13)14/h6-7,10-11H,2-5H2,1H3,(H,13,14). The summed E-state index contributed by atoms with van der Waals surface area (Å²) < 4.78 is 3.78. The van der Waals surface area contributed by atoms with Gasteiger partial charge in [0.2, 0.25) is 0 Å². The molecule has 6 heteroatoms. The minimum absolute atomic E-state index is 0.373. The zero-order valence-electron chi connectivity index (χ0n) is 8.55. The lowest BCUT2D eigenvalue weighted by atomic mass is 10.1. The van der Waals surface area contributed by atoms with Crippen LogP contribution in [0.3, 0.4) is 0 Å². The summed E-state index contributed by atoms with van der Waals surface area (Å²) in [6, 6.07) is 0. The number of aliphatic hydroxyl groups excluding tert-OH is 2. The molecule has 0 bridgehead atoms. The van der Waals surface area contributed by atoms with E-state index in [2.05, 4.69) is 4.74 Å². The molecule has 0 fully saturated rings. The summed E-state index contributed by atoms with van der Waals surface area (Å²) >= 11 is 0. The number of carboxylic acid groups (broad SMARTS) is 1. The lowest BCUT2D eigenvalue weighted by Crippen LogP contribution is -2.29. The summed E-state index contributed by atoms with van der Waals surface area (Å²) in [5.41, 5.74) is 0. The molecule has 3 N–H and O–H groups in total. The molecule has 0 spiro atoms. The molecule has 88 valence electrons. The fourth-order valence-electron chi connectivity index (χ4n) is 1.05. The number of hydrogen-bond acceptors (Lipinski definition) is 5. The normalized spacial score (nSPS) is 14.3.